The Morgan fingerprint density at radius 1 is 0.796 bits per heavy atom. The van der Waals surface area contributed by atoms with Crippen LogP contribution >= 0.6 is 0 Å². The van der Waals surface area contributed by atoms with E-state index < -0.39 is 74.0 Å². The van der Waals surface area contributed by atoms with Crippen molar-refractivity contribution in [1.82, 2.24) is 0 Å². The molecule has 13 nitrogen and oxygen atoms in total. The zero-order valence-electron chi connectivity index (χ0n) is 32.5. The van der Waals surface area contributed by atoms with Crippen LogP contribution in [0.5, 0.6) is 0 Å². The van der Waals surface area contributed by atoms with Gasteiger partial charge in [0.2, 0.25) is 0 Å². The maximum Gasteiger partial charge on any atom is 0.272 e. The lowest BCUT2D eigenvalue weighted by Gasteiger charge is -2.58. The minimum atomic E-state index is -1.01. The SMILES string of the molecule is C=C1C=C(C2C(O)C[C@@]34OC35CC[C@@H]3CC(O[C@@H]6CC(O)[C@@H](OC7OC[C@@H](OC8CC(O)C(O)C(C)O8)C(C)O7)C(C)O6)CC[C@@]3(C)C5CC[C@]24C)CO1. The summed E-state index contributed by atoms with van der Waals surface area (Å²) in [5.74, 6) is 1.70. The molecular weight excluding hydrogens is 700 g/mol. The predicted molar refractivity (Wildman–Crippen MR) is 190 cm³/mol. The highest BCUT2D eigenvalue weighted by Gasteiger charge is 2.87. The van der Waals surface area contributed by atoms with Gasteiger partial charge in [0.05, 0.1) is 49.3 Å². The Morgan fingerprint density at radius 3 is 2.28 bits per heavy atom. The molecule has 5 aliphatic heterocycles. The number of ether oxygens (including phenoxy) is 9. The fraction of sp³-hybridized carbons (Fsp3) is 0.902. The first kappa shape index (κ1) is 38.3. The van der Waals surface area contributed by atoms with Crippen molar-refractivity contribution < 1.29 is 63.1 Å². The molecule has 54 heavy (non-hydrogen) atoms. The Kier molecular flexibility index (Phi) is 9.72. The average molecular weight is 763 g/mol. The molecule has 20 atom stereocenters. The van der Waals surface area contributed by atoms with Gasteiger partial charge < -0.3 is 63.1 Å². The molecule has 9 aliphatic rings. The van der Waals surface area contributed by atoms with Gasteiger partial charge in [-0.15, -0.1) is 0 Å². The third-order valence-corrected chi connectivity index (χ3v) is 15.8. The average Bonchev–Trinajstić information content (AvgIpc) is 3.47. The molecule has 13 unspecified atom stereocenters. The monoisotopic (exact) mass is 762 g/mol. The van der Waals surface area contributed by atoms with Crippen LogP contribution in [-0.4, -0.2) is 125 Å². The molecule has 4 saturated heterocycles. The summed E-state index contributed by atoms with van der Waals surface area (Å²) in [5, 5.41) is 42.9. The van der Waals surface area contributed by atoms with Gasteiger partial charge in [-0.1, -0.05) is 20.4 Å². The number of hydrogen-bond acceptors (Lipinski definition) is 13. The summed E-state index contributed by atoms with van der Waals surface area (Å²) in [6.07, 6.45) is 3.49. The predicted octanol–water partition coefficient (Wildman–Crippen LogP) is 3.59. The lowest BCUT2D eigenvalue weighted by Crippen LogP contribution is -2.59. The minimum Gasteiger partial charge on any atom is -0.490 e. The minimum absolute atomic E-state index is 0.0441. The van der Waals surface area contributed by atoms with E-state index in [9.17, 15) is 20.4 Å². The summed E-state index contributed by atoms with van der Waals surface area (Å²) >= 11 is 0. The molecule has 4 saturated carbocycles. The number of hydrogen-bond donors (Lipinski definition) is 4. The largest absolute Gasteiger partial charge is 0.490 e. The van der Waals surface area contributed by atoms with Crippen LogP contribution < -0.4 is 0 Å². The Balaban J connectivity index is 0.770. The fourth-order valence-electron chi connectivity index (χ4n) is 13.0. The molecular formula is C41H62O13. The Bertz CT molecular complexity index is 1450. The van der Waals surface area contributed by atoms with Crippen molar-refractivity contribution in [2.24, 2.45) is 28.6 Å². The smallest absolute Gasteiger partial charge is 0.272 e. The molecule has 304 valence electrons. The second-order valence-electron chi connectivity index (χ2n) is 18.7. The Morgan fingerprint density at radius 2 is 1.56 bits per heavy atom. The molecule has 0 amide bonds. The van der Waals surface area contributed by atoms with Gasteiger partial charge in [-0.25, -0.2) is 0 Å². The van der Waals surface area contributed by atoms with Crippen LogP contribution in [0.1, 0.15) is 98.8 Å². The normalized spacial score (nSPS) is 56.9. The lowest BCUT2D eigenvalue weighted by atomic mass is 9.44. The highest BCUT2D eigenvalue weighted by atomic mass is 16.9. The molecule has 9 rings (SSSR count). The van der Waals surface area contributed by atoms with Crippen LogP contribution in [0.15, 0.2) is 24.0 Å². The third-order valence-electron chi connectivity index (χ3n) is 15.8. The molecule has 8 fully saturated rings. The van der Waals surface area contributed by atoms with Crippen LogP contribution in [-0.2, 0) is 42.6 Å². The van der Waals surface area contributed by atoms with Crippen molar-refractivity contribution in [2.45, 2.75) is 190 Å². The summed E-state index contributed by atoms with van der Waals surface area (Å²) in [4.78, 5) is 0. The summed E-state index contributed by atoms with van der Waals surface area (Å²) < 4.78 is 55.4. The third kappa shape index (κ3) is 5.93. The second kappa shape index (κ2) is 13.7. The molecule has 0 aromatic rings. The van der Waals surface area contributed by atoms with Crippen molar-refractivity contribution in [2.75, 3.05) is 13.2 Å². The summed E-state index contributed by atoms with van der Waals surface area (Å²) in [5.41, 5.74) is 0.752. The molecule has 0 aromatic carbocycles. The summed E-state index contributed by atoms with van der Waals surface area (Å²) in [6, 6.07) is 0. The molecule has 0 radical (unpaired) electrons. The van der Waals surface area contributed by atoms with Crippen molar-refractivity contribution in [3.8, 4) is 0 Å². The van der Waals surface area contributed by atoms with Crippen molar-refractivity contribution in [3.05, 3.63) is 24.0 Å². The van der Waals surface area contributed by atoms with Crippen LogP contribution in [0, 0.1) is 28.6 Å². The van der Waals surface area contributed by atoms with Gasteiger partial charge in [-0.05, 0) is 94.6 Å². The first-order valence-electron chi connectivity index (χ1n) is 20.7. The standard InChI is InChI=1S/C41H62O13/c1-20-13-24(18-46-20)34-29(44)17-41-39(34,6)11-9-31-38(5)10-8-26(14-25(38)7-12-40(31,41)54-41)51-32-16-28(43)36(23(4)49-32)53-37-47-19-30(21(2)50-37)52-33-15-27(42)35(45)22(3)48-33/h13,21-23,25-37,42-45H,1,7-12,14-19H2,2-6H3/t21?,22?,23?,25-,26?,27?,28?,29?,30-,31?,32-,33?,34?,35?,36+,37?,38-,39-,40?,41+/m1/s1. The van der Waals surface area contributed by atoms with E-state index in [1.54, 1.807) is 6.92 Å². The number of rotatable bonds is 7. The highest BCUT2D eigenvalue weighted by Crippen LogP contribution is 2.81. The first-order chi connectivity index (χ1) is 25.7. The van der Waals surface area contributed by atoms with Gasteiger partial charge >= 0.3 is 0 Å². The van der Waals surface area contributed by atoms with Crippen LogP contribution in [0.2, 0.25) is 0 Å². The van der Waals surface area contributed by atoms with Gasteiger partial charge in [-0.2, -0.15) is 0 Å². The Labute approximate surface area is 318 Å². The first-order valence-corrected chi connectivity index (χ1v) is 20.7. The molecule has 5 heterocycles. The van der Waals surface area contributed by atoms with E-state index in [0.717, 1.165) is 44.9 Å². The zero-order chi connectivity index (χ0) is 37.9. The molecule has 13 heteroatoms. The van der Waals surface area contributed by atoms with Gasteiger partial charge in [0.15, 0.2) is 12.6 Å². The van der Waals surface area contributed by atoms with Crippen LogP contribution in [0.25, 0.3) is 0 Å². The van der Waals surface area contributed by atoms with Crippen LogP contribution in [0.4, 0.5) is 0 Å². The molecule has 0 aromatic heterocycles. The lowest BCUT2D eigenvalue weighted by molar-refractivity contribution is -0.395. The number of allylic oxidation sites excluding steroid dienone is 1. The molecule has 0 bridgehead atoms. The van der Waals surface area contributed by atoms with Gasteiger partial charge in [0, 0.05) is 30.6 Å². The van der Waals surface area contributed by atoms with Gasteiger partial charge in [0.1, 0.15) is 41.9 Å². The Hall–Kier alpha value is -1.20. The molecule has 2 spiro atoms. The number of aliphatic hydroxyl groups is 4. The van der Waals surface area contributed by atoms with E-state index in [0.29, 0.717) is 30.6 Å². The number of fused-ring (bicyclic) bond motifs is 2. The fourth-order valence-corrected chi connectivity index (χ4v) is 13.0. The highest BCUT2D eigenvalue weighted by molar-refractivity contribution is 5.40. The maximum atomic E-state index is 11.5. The van der Waals surface area contributed by atoms with Crippen LogP contribution in [0.3, 0.4) is 0 Å². The van der Waals surface area contributed by atoms with Crippen molar-refractivity contribution in [1.29, 1.82) is 0 Å². The van der Waals surface area contributed by atoms with Gasteiger partial charge in [-0.3, -0.25) is 0 Å². The maximum absolute atomic E-state index is 11.5. The quantitative estimate of drug-likeness (QED) is 0.220. The number of epoxide rings is 1. The van der Waals surface area contributed by atoms with E-state index in [4.69, 9.17) is 42.6 Å². The molecule has 4 aliphatic carbocycles. The molecule has 4 N–H and O–H groups in total. The van der Waals surface area contributed by atoms with E-state index in [1.807, 2.05) is 19.9 Å². The van der Waals surface area contributed by atoms with E-state index in [-0.39, 0.29) is 53.5 Å². The zero-order valence-corrected chi connectivity index (χ0v) is 32.5. The van der Waals surface area contributed by atoms with E-state index >= 15 is 0 Å². The van der Waals surface area contributed by atoms with E-state index in [1.165, 1.54) is 5.57 Å². The topological polar surface area (TPSA) is 167 Å². The van der Waals surface area contributed by atoms with E-state index in [2.05, 4.69) is 20.4 Å². The number of aliphatic hydroxyl groups excluding tert-OH is 4. The van der Waals surface area contributed by atoms with Crippen molar-refractivity contribution in [3.63, 3.8) is 0 Å². The van der Waals surface area contributed by atoms with Crippen molar-refractivity contribution >= 4 is 0 Å². The van der Waals surface area contributed by atoms with Gasteiger partial charge in [0.25, 0.3) is 6.48 Å². The summed E-state index contributed by atoms with van der Waals surface area (Å²) in [7, 11) is 0. The summed E-state index contributed by atoms with van der Waals surface area (Å²) in [6.45, 7) is 14.0. The second-order valence-corrected chi connectivity index (χ2v) is 18.7.